The second kappa shape index (κ2) is 5.91. The fraction of sp³-hybridized carbons (Fsp3) is 0.462. The maximum Gasteiger partial charge on any atom is 0.233 e. The number of nitrogens with one attached hydrogen (secondary N) is 1. The van der Waals surface area contributed by atoms with E-state index < -0.39 is 5.41 Å². The lowest BCUT2D eigenvalue weighted by Gasteiger charge is -2.27. The molecule has 1 heterocycles. The van der Waals surface area contributed by atoms with Crippen LogP contribution in [0.25, 0.3) is 0 Å². The predicted octanol–water partition coefficient (Wildman–Crippen LogP) is 1.96. The van der Waals surface area contributed by atoms with Crippen LogP contribution < -0.4 is 11.1 Å². The Bertz CT molecular complexity index is 435. The van der Waals surface area contributed by atoms with Gasteiger partial charge in [0, 0.05) is 6.20 Å². The minimum atomic E-state index is -0.807. The molecule has 98 valence electrons. The lowest BCUT2D eigenvalue weighted by molar-refractivity contribution is -0.127. The number of aromatic nitrogens is 1. The first-order chi connectivity index (χ1) is 8.41. The minimum Gasteiger partial charge on any atom is -0.392 e. The highest BCUT2D eigenvalue weighted by Crippen LogP contribution is 2.23. The molecule has 0 saturated carbocycles. The van der Waals surface area contributed by atoms with Gasteiger partial charge in [0.2, 0.25) is 5.91 Å². The zero-order valence-corrected chi connectivity index (χ0v) is 11.8. The van der Waals surface area contributed by atoms with Gasteiger partial charge in [-0.25, -0.2) is 0 Å². The number of amides is 1. The molecule has 0 aliphatic heterocycles. The van der Waals surface area contributed by atoms with Crippen LogP contribution in [0.15, 0.2) is 24.4 Å². The molecule has 1 rings (SSSR count). The summed E-state index contributed by atoms with van der Waals surface area (Å²) >= 11 is 4.98. The summed E-state index contributed by atoms with van der Waals surface area (Å²) in [5.74, 6) is -0.157. The predicted molar refractivity (Wildman–Crippen MR) is 76.0 cm³/mol. The summed E-state index contributed by atoms with van der Waals surface area (Å²) < 4.78 is 0. The first-order valence-electron chi connectivity index (χ1n) is 5.93. The summed E-state index contributed by atoms with van der Waals surface area (Å²) in [6, 6.07) is 5.43. The van der Waals surface area contributed by atoms with Gasteiger partial charge in [0.05, 0.1) is 22.1 Å². The van der Waals surface area contributed by atoms with Crippen molar-refractivity contribution < 1.29 is 4.79 Å². The van der Waals surface area contributed by atoms with Crippen LogP contribution in [0.2, 0.25) is 0 Å². The smallest absolute Gasteiger partial charge is 0.233 e. The number of carbonyl (C=O) groups is 1. The van der Waals surface area contributed by atoms with Crippen molar-refractivity contribution >= 4 is 23.1 Å². The Morgan fingerprint density at radius 1 is 1.61 bits per heavy atom. The van der Waals surface area contributed by atoms with Gasteiger partial charge in [-0.05, 0) is 32.4 Å². The van der Waals surface area contributed by atoms with E-state index in [0.717, 1.165) is 5.69 Å². The van der Waals surface area contributed by atoms with Gasteiger partial charge in [-0.2, -0.15) is 0 Å². The van der Waals surface area contributed by atoms with Gasteiger partial charge < -0.3 is 11.1 Å². The van der Waals surface area contributed by atoms with Crippen molar-refractivity contribution in [2.24, 2.45) is 11.1 Å². The highest BCUT2D eigenvalue weighted by Gasteiger charge is 2.35. The molecule has 0 radical (unpaired) electrons. The normalized spacial score (nSPS) is 15.5. The molecule has 0 fully saturated rings. The van der Waals surface area contributed by atoms with Crippen LogP contribution in [-0.4, -0.2) is 15.9 Å². The average Bonchev–Trinajstić information content (AvgIpc) is 2.38. The molecule has 0 aromatic carbocycles. The number of hydrogen-bond acceptors (Lipinski definition) is 3. The Labute approximate surface area is 113 Å². The van der Waals surface area contributed by atoms with Crippen LogP contribution in [0.4, 0.5) is 0 Å². The third-order valence-corrected chi connectivity index (χ3v) is 3.68. The largest absolute Gasteiger partial charge is 0.392 e. The summed E-state index contributed by atoms with van der Waals surface area (Å²) in [7, 11) is 0. The summed E-state index contributed by atoms with van der Waals surface area (Å²) in [5.41, 5.74) is 5.66. The van der Waals surface area contributed by atoms with Gasteiger partial charge in [-0.15, -0.1) is 0 Å². The lowest BCUT2D eigenvalue weighted by atomic mass is 9.86. The highest BCUT2D eigenvalue weighted by molar-refractivity contribution is 7.80. The van der Waals surface area contributed by atoms with Crippen LogP contribution in [0.5, 0.6) is 0 Å². The molecule has 0 saturated heterocycles. The van der Waals surface area contributed by atoms with Crippen LogP contribution in [0, 0.1) is 5.41 Å². The maximum atomic E-state index is 12.2. The van der Waals surface area contributed by atoms with Gasteiger partial charge in [0.25, 0.3) is 0 Å². The van der Waals surface area contributed by atoms with E-state index in [2.05, 4.69) is 10.3 Å². The Balaban J connectivity index is 2.79. The molecule has 0 aliphatic carbocycles. The molecule has 0 aliphatic rings. The standard InChI is InChI=1S/C13H19N3OS/c1-4-13(3,11(14)18)12(17)16-9(2)10-7-5-6-8-15-10/h5-9H,4H2,1-3H3,(H2,14,18)(H,16,17). The fourth-order valence-corrected chi connectivity index (χ4v) is 1.75. The first kappa shape index (κ1) is 14.6. The molecule has 3 N–H and O–H groups in total. The Hall–Kier alpha value is -1.49. The Morgan fingerprint density at radius 3 is 2.72 bits per heavy atom. The van der Waals surface area contributed by atoms with Crippen molar-refractivity contribution in [3.63, 3.8) is 0 Å². The van der Waals surface area contributed by atoms with E-state index in [1.807, 2.05) is 32.0 Å². The third kappa shape index (κ3) is 3.04. The lowest BCUT2D eigenvalue weighted by Crippen LogP contribution is -2.47. The van der Waals surface area contributed by atoms with E-state index in [1.165, 1.54) is 0 Å². The molecule has 1 amide bonds. The van der Waals surface area contributed by atoms with Gasteiger partial charge in [0.15, 0.2) is 0 Å². The van der Waals surface area contributed by atoms with E-state index in [1.54, 1.807) is 13.1 Å². The molecule has 0 bridgehead atoms. The van der Waals surface area contributed by atoms with Gasteiger partial charge >= 0.3 is 0 Å². The van der Waals surface area contributed by atoms with E-state index >= 15 is 0 Å². The van der Waals surface area contributed by atoms with Crippen molar-refractivity contribution in [1.82, 2.24) is 10.3 Å². The number of hydrogen-bond donors (Lipinski definition) is 2. The van der Waals surface area contributed by atoms with Crippen LogP contribution >= 0.6 is 12.2 Å². The molecule has 1 aromatic rings. The number of carbonyl (C=O) groups excluding carboxylic acids is 1. The second-order valence-electron chi connectivity index (χ2n) is 4.50. The van der Waals surface area contributed by atoms with Gasteiger partial charge in [0.1, 0.15) is 0 Å². The average molecular weight is 265 g/mol. The van der Waals surface area contributed by atoms with Crippen molar-refractivity contribution in [3.8, 4) is 0 Å². The van der Waals surface area contributed by atoms with Crippen LogP contribution in [0.3, 0.4) is 0 Å². The molecule has 2 atom stereocenters. The van der Waals surface area contributed by atoms with E-state index in [4.69, 9.17) is 18.0 Å². The Morgan fingerprint density at radius 2 is 2.28 bits per heavy atom. The number of pyridine rings is 1. The number of rotatable bonds is 5. The highest BCUT2D eigenvalue weighted by atomic mass is 32.1. The van der Waals surface area contributed by atoms with Crippen LogP contribution in [-0.2, 0) is 4.79 Å². The molecule has 1 aromatic heterocycles. The monoisotopic (exact) mass is 265 g/mol. The topological polar surface area (TPSA) is 68.0 Å². The molecule has 4 nitrogen and oxygen atoms in total. The first-order valence-corrected chi connectivity index (χ1v) is 6.34. The van der Waals surface area contributed by atoms with Crippen molar-refractivity contribution in [2.75, 3.05) is 0 Å². The van der Waals surface area contributed by atoms with Crippen LogP contribution in [0.1, 0.15) is 38.9 Å². The molecule has 5 heteroatoms. The quantitative estimate of drug-likeness (QED) is 0.799. The van der Waals surface area contributed by atoms with E-state index in [9.17, 15) is 4.79 Å². The fourth-order valence-electron chi connectivity index (χ4n) is 1.51. The van der Waals surface area contributed by atoms with E-state index in [0.29, 0.717) is 6.42 Å². The summed E-state index contributed by atoms with van der Waals surface area (Å²) in [6.45, 7) is 5.54. The van der Waals surface area contributed by atoms with Crippen molar-refractivity contribution in [1.29, 1.82) is 0 Å². The summed E-state index contributed by atoms with van der Waals surface area (Å²) in [4.78, 5) is 16.6. The number of thiocarbonyl (C=S) groups is 1. The third-order valence-electron chi connectivity index (χ3n) is 3.23. The summed E-state index contributed by atoms with van der Waals surface area (Å²) in [6.07, 6.45) is 2.27. The van der Waals surface area contributed by atoms with Crippen molar-refractivity contribution in [3.05, 3.63) is 30.1 Å². The number of nitrogens with two attached hydrogens (primary N) is 1. The second-order valence-corrected chi connectivity index (χ2v) is 4.94. The summed E-state index contributed by atoms with van der Waals surface area (Å²) in [5, 5.41) is 2.90. The zero-order chi connectivity index (χ0) is 13.8. The molecule has 0 spiro atoms. The Kier molecular flexibility index (Phi) is 4.78. The maximum absolute atomic E-state index is 12.2. The molecular weight excluding hydrogens is 246 g/mol. The number of nitrogens with zero attached hydrogens (tertiary/aromatic N) is 1. The van der Waals surface area contributed by atoms with E-state index in [-0.39, 0.29) is 16.9 Å². The molecule has 18 heavy (non-hydrogen) atoms. The van der Waals surface area contributed by atoms with Gasteiger partial charge in [-0.1, -0.05) is 25.2 Å². The molecular formula is C13H19N3OS. The minimum absolute atomic E-state index is 0.157. The SMILES string of the molecule is CCC(C)(C(=O)NC(C)c1ccccn1)C(N)=S. The van der Waals surface area contributed by atoms with Crippen molar-refractivity contribution in [2.45, 2.75) is 33.2 Å². The molecule has 2 unspecified atom stereocenters. The zero-order valence-electron chi connectivity index (χ0n) is 10.9. The van der Waals surface area contributed by atoms with Gasteiger partial charge in [-0.3, -0.25) is 9.78 Å².